The van der Waals surface area contributed by atoms with Gasteiger partial charge in [-0.3, -0.25) is 0 Å². The second-order valence-electron chi connectivity index (χ2n) is 6.75. The average Bonchev–Trinajstić information content (AvgIpc) is 2.88. The molecule has 0 aromatic carbocycles. The maximum Gasteiger partial charge on any atom is 0.0952 e. The van der Waals surface area contributed by atoms with Crippen molar-refractivity contribution >= 4 is 0 Å². The molecule has 3 aliphatic rings. The molecule has 21 heavy (non-hydrogen) atoms. The third-order valence-electron chi connectivity index (χ3n) is 5.00. The van der Waals surface area contributed by atoms with Crippen molar-refractivity contribution in [3.8, 4) is 0 Å². The molecule has 0 radical (unpaired) electrons. The minimum Gasteiger partial charge on any atom is -0.389 e. The summed E-state index contributed by atoms with van der Waals surface area (Å²) in [5.74, 6) is 0.626. The highest BCUT2D eigenvalue weighted by molar-refractivity contribution is 5.09. The van der Waals surface area contributed by atoms with Crippen LogP contribution < -0.4 is 5.32 Å². The van der Waals surface area contributed by atoms with E-state index < -0.39 is 6.10 Å². The molecule has 2 aliphatic carbocycles. The summed E-state index contributed by atoms with van der Waals surface area (Å²) in [6.45, 7) is 1.08. The van der Waals surface area contributed by atoms with Crippen molar-refractivity contribution in [3.05, 3.63) is 11.9 Å². The Kier molecular flexibility index (Phi) is 3.69. The van der Waals surface area contributed by atoms with Gasteiger partial charge in [0.25, 0.3) is 0 Å². The fraction of sp³-hybridized carbons (Fsp3) is 0.867. The van der Waals surface area contributed by atoms with Crippen LogP contribution in [0.4, 0.5) is 0 Å². The van der Waals surface area contributed by atoms with Gasteiger partial charge in [0.1, 0.15) is 0 Å². The van der Waals surface area contributed by atoms with Gasteiger partial charge in [-0.1, -0.05) is 18.1 Å². The fourth-order valence-corrected chi connectivity index (χ4v) is 3.58. The first-order chi connectivity index (χ1) is 10.3. The number of nitrogens with one attached hydrogen (secondary N) is 1. The van der Waals surface area contributed by atoms with Crippen LogP contribution in [-0.2, 0) is 11.3 Å². The van der Waals surface area contributed by atoms with Gasteiger partial charge >= 0.3 is 0 Å². The van der Waals surface area contributed by atoms with E-state index in [2.05, 4.69) is 15.6 Å². The number of hydrogen-bond acceptors (Lipinski definition) is 5. The Hall–Kier alpha value is -0.980. The lowest BCUT2D eigenvalue weighted by atomic mass is 10.1. The quantitative estimate of drug-likeness (QED) is 0.840. The van der Waals surface area contributed by atoms with Gasteiger partial charge in [0, 0.05) is 18.2 Å². The Labute approximate surface area is 124 Å². The normalized spacial score (nSPS) is 33.9. The summed E-state index contributed by atoms with van der Waals surface area (Å²) in [7, 11) is 0. The van der Waals surface area contributed by atoms with Crippen molar-refractivity contribution < 1.29 is 9.84 Å². The zero-order chi connectivity index (χ0) is 14.2. The van der Waals surface area contributed by atoms with Gasteiger partial charge in [0.05, 0.1) is 37.1 Å². The highest BCUT2D eigenvalue weighted by Gasteiger charge is 2.38. The Morgan fingerprint density at radius 2 is 2.10 bits per heavy atom. The van der Waals surface area contributed by atoms with Gasteiger partial charge in [-0.2, -0.15) is 0 Å². The molecule has 0 unspecified atom stereocenters. The highest BCUT2D eigenvalue weighted by atomic mass is 16.5. The number of aliphatic hydroxyl groups is 1. The lowest BCUT2D eigenvalue weighted by Crippen LogP contribution is -2.49. The molecule has 1 saturated heterocycles. The molecule has 6 heteroatoms. The van der Waals surface area contributed by atoms with Crippen LogP contribution in [0.5, 0.6) is 0 Å². The average molecular weight is 292 g/mol. The van der Waals surface area contributed by atoms with Crippen molar-refractivity contribution in [1.82, 2.24) is 20.3 Å². The van der Waals surface area contributed by atoms with Crippen LogP contribution in [0.25, 0.3) is 0 Å². The third kappa shape index (κ3) is 2.98. The van der Waals surface area contributed by atoms with Gasteiger partial charge in [0.2, 0.25) is 0 Å². The molecular formula is C15H24N4O2. The molecule has 1 aliphatic heterocycles. The van der Waals surface area contributed by atoms with Gasteiger partial charge < -0.3 is 15.2 Å². The predicted molar refractivity (Wildman–Crippen MR) is 76.9 cm³/mol. The van der Waals surface area contributed by atoms with Crippen LogP contribution >= 0.6 is 0 Å². The summed E-state index contributed by atoms with van der Waals surface area (Å²) in [5, 5.41) is 22.2. The van der Waals surface area contributed by atoms with Crippen molar-refractivity contribution in [2.24, 2.45) is 0 Å². The van der Waals surface area contributed by atoms with E-state index in [0.717, 1.165) is 5.69 Å². The summed E-state index contributed by atoms with van der Waals surface area (Å²) in [6.07, 6.45) is 9.09. The molecule has 3 atom stereocenters. The maximum absolute atomic E-state index is 10.2. The molecule has 4 rings (SSSR count). The first-order valence-electron chi connectivity index (χ1n) is 8.25. The van der Waals surface area contributed by atoms with Crippen LogP contribution in [0.1, 0.15) is 50.1 Å². The zero-order valence-corrected chi connectivity index (χ0v) is 12.3. The summed E-state index contributed by atoms with van der Waals surface area (Å²) in [5.41, 5.74) is 1.11. The van der Waals surface area contributed by atoms with Crippen LogP contribution in [0, 0.1) is 0 Å². The summed E-state index contributed by atoms with van der Waals surface area (Å²) >= 11 is 0. The van der Waals surface area contributed by atoms with Gasteiger partial charge in [0.15, 0.2) is 0 Å². The maximum atomic E-state index is 10.2. The molecule has 0 amide bonds. The molecule has 3 fully saturated rings. The SMILES string of the molecule is O[C@H]1CO[C@H](Cn2cc(C3CC3)nn2)[C@@H]1NC1CCCC1. The first kappa shape index (κ1) is 13.7. The number of aliphatic hydroxyl groups excluding tert-OH is 1. The predicted octanol–water partition coefficient (Wildman–Crippen LogP) is 0.816. The molecule has 1 aromatic heterocycles. The lowest BCUT2D eigenvalue weighted by molar-refractivity contribution is 0.0734. The van der Waals surface area contributed by atoms with E-state index in [-0.39, 0.29) is 12.1 Å². The van der Waals surface area contributed by atoms with Gasteiger partial charge in [-0.05, 0) is 25.7 Å². The summed E-state index contributed by atoms with van der Waals surface area (Å²) in [6, 6.07) is 0.549. The Bertz CT molecular complexity index is 482. The van der Waals surface area contributed by atoms with Crippen LogP contribution in [0.3, 0.4) is 0 Å². The van der Waals surface area contributed by atoms with E-state index in [1.165, 1.54) is 38.5 Å². The molecular weight excluding hydrogens is 268 g/mol. The van der Waals surface area contributed by atoms with Crippen LogP contribution in [0.15, 0.2) is 6.20 Å². The Morgan fingerprint density at radius 1 is 1.29 bits per heavy atom. The van der Waals surface area contributed by atoms with E-state index in [1.54, 1.807) is 0 Å². The first-order valence-corrected chi connectivity index (χ1v) is 8.25. The van der Waals surface area contributed by atoms with Gasteiger partial charge in [-0.15, -0.1) is 5.10 Å². The fourth-order valence-electron chi connectivity index (χ4n) is 3.58. The standard InChI is InChI=1S/C15H24N4O2/c20-13-9-21-14(15(13)16-11-3-1-2-4-11)8-19-7-12(17-18-19)10-5-6-10/h7,10-11,13-16,20H,1-6,8-9H2/t13-,14+,15+/m0/s1. The molecule has 2 heterocycles. The van der Waals surface area contributed by atoms with Crippen molar-refractivity contribution in [3.63, 3.8) is 0 Å². The number of nitrogens with zero attached hydrogens (tertiary/aromatic N) is 3. The van der Waals surface area contributed by atoms with E-state index in [9.17, 15) is 5.11 Å². The van der Waals surface area contributed by atoms with E-state index in [1.807, 2.05) is 10.9 Å². The van der Waals surface area contributed by atoms with E-state index >= 15 is 0 Å². The lowest BCUT2D eigenvalue weighted by Gasteiger charge is -2.25. The monoisotopic (exact) mass is 292 g/mol. The van der Waals surface area contributed by atoms with Crippen molar-refractivity contribution in [2.45, 2.75) is 75.3 Å². The van der Waals surface area contributed by atoms with Crippen molar-refractivity contribution in [1.29, 1.82) is 0 Å². The molecule has 1 aromatic rings. The van der Waals surface area contributed by atoms with Crippen LogP contribution in [0.2, 0.25) is 0 Å². The molecule has 116 valence electrons. The van der Waals surface area contributed by atoms with Crippen LogP contribution in [-0.4, -0.2) is 51.0 Å². The second kappa shape index (κ2) is 5.66. The molecule has 2 N–H and O–H groups in total. The van der Waals surface area contributed by atoms with Crippen molar-refractivity contribution in [2.75, 3.05) is 6.61 Å². The smallest absolute Gasteiger partial charge is 0.0952 e. The molecule has 0 bridgehead atoms. The molecule has 0 spiro atoms. The van der Waals surface area contributed by atoms with Gasteiger partial charge in [-0.25, -0.2) is 4.68 Å². The number of rotatable bonds is 5. The largest absolute Gasteiger partial charge is 0.389 e. The molecule has 2 saturated carbocycles. The Balaban J connectivity index is 1.39. The second-order valence-corrected chi connectivity index (χ2v) is 6.75. The number of aromatic nitrogens is 3. The third-order valence-corrected chi connectivity index (χ3v) is 5.00. The zero-order valence-electron chi connectivity index (χ0n) is 12.3. The highest BCUT2D eigenvalue weighted by Crippen LogP contribution is 2.38. The summed E-state index contributed by atoms with van der Waals surface area (Å²) < 4.78 is 7.65. The molecule has 6 nitrogen and oxygen atoms in total. The number of hydrogen-bond donors (Lipinski definition) is 2. The minimum absolute atomic E-state index is 0.0154. The minimum atomic E-state index is -0.415. The Morgan fingerprint density at radius 3 is 2.86 bits per heavy atom. The number of ether oxygens (including phenoxy) is 1. The summed E-state index contributed by atoms with van der Waals surface area (Å²) in [4.78, 5) is 0. The van der Waals surface area contributed by atoms with E-state index in [4.69, 9.17) is 4.74 Å². The van der Waals surface area contributed by atoms with E-state index in [0.29, 0.717) is 25.1 Å². The topological polar surface area (TPSA) is 72.2 Å².